The van der Waals surface area contributed by atoms with Gasteiger partial charge in [-0.3, -0.25) is 4.79 Å². The fraction of sp³-hybridized carbons (Fsp3) is 0.500. The van der Waals surface area contributed by atoms with Gasteiger partial charge >= 0.3 is 0 Å². The van der Waals surface area contributed by atoms with E-state index >= 15 is 0 Å². The first-order chi connectivity index (χ1) is 9.26. The van der Waals surface area contributed by atoms with Crippen molar-refractivity contribution in [3.8, 4) is 0 Å². The Morgan fingerprint density at radius 1 is 1.10 bits per heavy atom. The summed E-state index contributed by atoms with van der Waals surface area (Å²) in [5, 5.41) is 0. The van der Waals surface area contributed by atoms with E-state index in [1.54, 1.807) is 6.08 Å². The third kappa shape index (κ3) is 3.96. The van der Waals surface area contributed by atoms with E-state index in [1.807, 2.05) is 41.3 Å². The molecule has 0 atom stereocenters. The van der Waals surface area contributed by atoms with Crippen LogP contribution >= 0.6 is 0 Å². The van der Waals surface area contributed by atoms with E-state index in [2.05, 4.69) is 41.5 Å². The second kappa shape index (κ2) is 6.74. The molecule has 0 spiro atoms. The molecular formula is C18H27NO. The van der Waals surface area contributed by atoms with Crippen molar-refractivity contribution in [3.05, 3.63) is 42.0 Å². The van der Waals surface area contributed by atoms with E-state index in [9.17, 15) is 4.79 Å². The molecule has 1 amide bonds. The lowest BCUT2D eigenvalue weighted by Crippen LogP contribution is -2.53. The third-order valence-corrected chi connectivity index (χ3v) is 4.01. The average Bonchev–Trinajstić information content (AvgIpc) is 2.36. The van der Waals surface area contributed by atoms with Crippen LogP contribution in [0.1, 0.15) is 47.1 Å². The zero-order valence-electron chi connectivity index (χ0n) is 13.6. The number of hydrogen-bond acceptors (Lipinski definition) is 1. The van der Waals surface area contributed by atoms with Crippen molar-refractivity contribution in [1.82, 2.24) is 4.90 Å². The van der Waals surface area contributed by atoms with Gasteiger partial charge in [0.1, 0.15) is 0 Å². The fourth-order valence-corrected chi connectivity index (χ4v) is 2.29. The summed E-state index contributed by atoms with van der Waals surface area (Å²) in [4.78, 5) is 14.5. The predicted molar refractivity (Wildman–Crippen MR) is 86.4 cm³/mol. The number of hydrogen-bond donors (Lipinski definition) is 0. The van der Waals surface area contributed by atoms with Crippen LogP contribution in [0.4, 0.5) is 0 Å². The van der Waals surface area contributed by atoms with Crippen molar-refractivity contribution < 1.29 is 4.79 Å². The van der Waals surface area contributed by atoms with Gasteiger partial charge in [0.15, 0.2) is 0 Å². The highest BCUT2D eigenvalue weighted by molar-refractivity contribution is 5.92. The Morgan fingerprint density at radius 2 is 1.65 bits per heavy atom. The summed E-state index contributed by atoms with van der Waals surface area (Å²) in [6, 6.07) is 10.1. The molecule has 0 saturated carbocycles. The number of carbonyl (C=O) groups is 1. The lowest BCUT2D eigenvalue weighted by Gasteiger charge is -2.44. The lowest BCUT2D eigenvalue weighted by atomic mass is 9.87. The van der Waals surface area contributed by atoms with Crippen molar-refractivity contribution in [2.45, 2.75) is 53.1 Å². The standard InChI is InChI=1S/C18H27NO/c1-14(2)18(5,6)19(15(3)4)17(20)13-12-16-10-8-7-9-11-16/h7-15H,1-6H3/b13-12+. The van der Waals surface area contributed by atoms with Crippen LogP contribution in [0.25, 0.3) is 6.08 Å². The molecule has 0 bridgehead atoms. The van der Waals surface area contributed by atoms with Crippen LogP contribution in [0, 0.1) is 5.92 Å². The first kappa shape index (κ1) is 16.5. The van der Waals surface area contributed by atoms with Crippen LogP contribution in [0.3, 0.4) is 0 Å². The molecule has 0 unspecified atom stereocenters. The number of carbonyl (C=O) groups excluding carboxylic acids is 1. The number of nitrogens with zero attached hydrogens (tertiary/aromatic N) is 1. The SMILES string of the molecule is CC(C)N(C(=O)/C=C/c1ccccc1)C(C)(C)C(C)C. The van der Waals surface area contributed by atoms with Gasteiger partial charge in [-0.05, 0) is 45.3 Å². The van der Waals surface area contributed by atoms with Crippen LogP contribution in [0.15, 0.2) is 36.4 Å². The highest BCUT2D eigenvalue weighted by Gasteiger charge is 2.34. The zero-order valence-corrected chi connectivity index (χ0v) is 13.6. The minimum absolute atomic E-state index is 0.0718. The monoisotopic (exact) mass is 273 g/mol. The van der Waals surface area contributed by atoms with Crippen molar-refractivity contribution in [1.29, 1.82) is 0 Å². The molecular weight excluding hydrogens is 246 g/mol. The van der Waals surface area contributed by atoms with Gasteiger partial charge in [-0.2, -0.15) is 0 Å². The van der Waals surface area contributed by atoms with E-state index < -0.39 is 0 Å². The van der Waals surface area contributed by atoms with Crippen molar-refractivity contribution in [2.75, 3.05) is 0 Å². The van der Waals surface area contributed by atoms with Gasteiger partial charge in [0, 0.05) is 17.7 Å². The van der Waals surface area contributed by atoms with Crippen LogP contribution in [-0.4, -0.2) is 22.4 Å². The van der Waals surface area contributed by atoms with Crippen molar-refractivity contribution >= 4 is 12.0 Å². The molecule has 0 N–H and O–H groups in total. The van der Waals surface area contributed by atoms with Crippen LogP contribution in [-0.2, 0) is 4.79 Å². The molecule has 0 radical (unpaired) electrons. The smallest absolute Gasteiger partial charge is 0.247 e. The van der Waals surface area contributed by atoms with Gasteiger partial charge in [-0.1, -0.05) is 44.2 Å². The minimum atomic E-state index is -0.160. The number of amides is 1. The minimum Gasteiger partial charge on any atom is -0.331 e. The summed E-state index contributed by atoms with van der Waals surface area (Å²) in [6.07, 6.45) is 3.56. The Kier molecular flexibility index (Phi) is 5.55. The molecule has 1 aromatic carbocycles. The van der Waals surface area contributed by atoms with Gasteiger partial charge in [0.2, 0.25) is 5.91 Å². The summed E-state index contributed by atoms with van der Waals surface area (Å²) in [6.45, 7) is 12.7. The summed E-state index contributed by atoms with van der Waals surface area (Å²) in [5.74, 6) is 0.474. The molecule has 0 aliphatic carbocycles. The maximum absolute atomic E-state index is 12.5. The largest absolute Gasteiger partial charge is 0.331 e. The maximum Gasteiger partial charge on any atom is 0.247 e. The molecule has 2 heteroatoms. The summed E-state index contributed by atoms with van der Waals surface area (Å²) in [7, 11) is 0. The Balaban J connectivity index is 2.94. The van der Waals surface area contributed by atoms with Gasteiger partial charge in [-0.15, -0.1) is 0 Å². The van der Waals surface area contributed by atoms with Gasteiger partial charge in [0.05, 0.1) is 0 Å². The molecule has 1 rings (SSSR count). The van der Waals surface area contributed by atoms with E-state index in [0.29, 0.717) is 5.92 Å². The maximum atomic E-state index is 12.5. The first-order valence-electron chi connectivity index (χ1n) is 7.33. The Hall–Kier alpha value is -1.57. The summed E-state index contributed by atoms with van der Waals surface area (Å²) < 4.78 is 0. The fourth-order valence-electron chi connectivity index (χ4n) is 2.29. The molecule has 20 heavy (non-hydrogen) atoms. The lowest BCUT2D eigenvalue weighted by molar-refractivity contribution is -0.135. The highest BCUT2D eigenvalue weighted by atomic mass is 16.2. The Labute approximate surface area is 123 Å². The second-order valence-electron chi connectivity index (χ2n) is 6.35. The van der Waals surface area contributed by atoms with Crippen LogP contribution < -0.4 is 0 Å². The molecule has 110 valence electrons. The Bertz CT molecular complexity index is 458. The molecule has 1 aromatic rings. The second-order valence-corrected chi connectivity index (χ2v) is 6.35. The molecule has 0 aromatic heterocycles. The first-order valence-corrected chi connectivity index (χ1v) is 7.33. The quantitative estimate of drug-likeness (QED) is 0.729. The summed E-state index contributed by atoms with van der Waals surface area (Å²) in [5.41, 5.74) is 0.888. The molecule has 0 aliphatic rings. The van der Waals surface area contributed by atoms with Gasteiger partial charge in [0.25, 0.3) is 0 Å². The van der Waals surface area contributed by atoms with E-state index in [0.717, 1.165) is 5.56 Å². The Morgan fingerprint density at radius 3 is 2.10 bits per heavy atom. The highest BCUT2D eigenvalue weighted by Crippen LogP contribution is 2.26. The van der Waals surface area contributed by atoms with Crippen LogP contribution in [0.2, 0.25) is 0 Å². The van der Waals surface area contributed by atoms with Gasteiger partial charge in [-0.25, -0.2) is 0 Å². The molecule has 0 aliphatic heterocycles. The van der Waals surface area contributed by atoms with E-state index in [1.165, 1.54) is 0 Å². The van der Waals surface area contributed by atoms with Crippen molar-refractivity contribution in [3.63, 3.8) is 0 Å². The molecule has 0 saturated heterocycles. The topological polar surface area (TPSA) is 20.3 Å². The number of benzene rings is 1. The van der Waals surface area contributed by atoms with E-state index in [-0.39, 0.29) is 17.5 Å². The van der Waals surface area contributed by atoms with Gasteiger partial charge < -0.3 is 4.90 Å². The molecule has 0 heterocycles. The average molecular weight is 273 g/mol. The predicted octanol–water partition coefficient (Wildman–Crippen LogP) is 4.37. The normalized spacial score (nSPS) is 12.4. The summed E-state index contributed by atoms with van der Waals surface area (Å²) >= 11 is 0. The zero-order chi connectivity index (χ0) is 15.3. The van der Waals surface area contributed by atoms with E-state index in [4.69, 9.17) is 0 Å². The van der Waals surface area contributed by atoms with Crippen LogP contribution in [0.5, 0.6) is 0 Å². The third-order valence-electron chi connectivity index (χ3n) is 4.01. The van der Waals surface area contributed by atoms with Crippen molar-refractivity contribution in [2.24, 2.45) is 5.92 Å². The molecule has 0 fully saturated rings. The number of rotatable bonds is 5. The molecule has 2 nitrogen and oxygen atoms in total.